The van der Waals surface area contributed by atoms with Gasteiger partial charge in [0.15, 0.2) is 17.3 Å². The van der Waals surface area contributed by atoms with Crippen molar-refractivity contribution in [3.8, 4) is 11.5 Å². The Morgan fingerprint density at radius 3 is 1.37 bits per heavy atom. The van der Waals surface area contributed by atoms with Gasteiger partial charge in [-0.3, -0.25) is 4.79 Å². The quantitative estimate of drug-likeness (QED) is 0.533. The highest BCUT2D eigenvalue weighted by molar-refractivity contribution is 6.09. The summed E-state index contributed by atoms with van der Waals surface area (Å²) in [6.07, 6.45) is -0.831. The molecule has 4 rings (SSSR count). The average molecular weight is 410 g/mol. The van der Waals surface area contributed by atoms with Crippen LogP contribution in [0.1, 0.15) is 15.9 Å². The molecule has 0 spiro atoms. The highest BCUT2D eigenvalue weighted by atomic mass is 16.7. The molecule has 0 amide bonds. The van der Waals surface area contributed by atoms with Crippen molar-refractivity contribution in [3.63, 3.8) is 0 Å². The van der Waals surface area contributed by atoms with E-state index in [0.29, 0.717) is 22.6 Å². The van der Waals surface area contributed by atoms with E-state index in [2.05, 4.69) is 9.47 Å². The van der Waals surface area contributed by atoms with Crippen molar-refractivity contribution >= 4 is 17.7 Å². The lowest BCUT2D eigenvalue weighted by Gasteiger charge is -2.10. The summed E-state index contributed by atoms with van der Waals surface area (Å²) >= 11 is 0. The number of rotatable bonds is 6. The topological polar surface area (TPSA) is 129 Å². The highest BCUT2D eigenvalue weighted by Gasteiger charge is 2.27. The lowest BCUT2D eigenvalue weighted by Crippen LogP contribution is -2.13. The molecular formula is C21H14O9. The van der Waals surface area contributed by atoms with Gasteiger partial charge < -0.3 is 29.2 Å². The molecule has 2 N–H and O–H groups in total. The SMILES string of the molecule is O=C1C=C(Oc2ccc(C(=O)c3ccc(OC4=CC(=O)OC4O)cc3)cc2)C(O)O1. The predicted molar refractivity (Wildman–Crippen MR) is 97.9 cm³/mol. The van der Waals surface area contributed by atoms with Crippen LogP contribution in [0.15, 0.2) is 72.2 Å². The Morgan fingerprint density at radius 1 is 0.700 bits per heavy atom. The number of hydrogen-bond acceptors (Lipinski definition) is 9. The van der Waals surface area contributed by atoms with E-state index in [1.807, 2.05) is 0 Å². The third kappa shape index (κ3) is 4.07. The highest BCUT2D eigenvalue weighted by Crippen LogP contribution is 2.24. The Balaban J connectivity index is 1.42. The number of ketones is 1. The van der Waals surface area contributed by atoms with Gasteiger partial charge in [-0.25, -0.2) is 9.59 Å². The van der Waals surface area contributed by atoms with Gasteiger partial charge in [-0.2, -0.15) is 0 Å². The maximum atomic E-state index is 12.6. The molecule has 9 heteroatoms. The normalized spacial score (nSPS) is 20.2. The molecule has 152 valence electrons. The van der Waals surface area contributed by atoms with E-state index in [1.165, 1.54) is 48.5 Å². The first kappa shape index (κ1) is 19.4. The molecule has 0 aromatic heterocycles. The maximum Gasteiger partial charge on any atom is 0.337 e. The number of carbonyl (C=O) groups excluding carboxylic acids is 3. The third-order valence-corrected chi connectivity index (χ3v) is 4.17. The molecule has 0 saturated heterocycles. The summed E-state index contributed by atoms with van der Waals surface area (Å²) in [5.74, 6) is -1.10. The Bertz CT molecular complexity index is 979. The maximum absolute atomic E-state index is 12.6. The van der Waals surface area contributed by atoms with Gasteiger partial charge in [0, 0.05) is 11.1 Å². The first-order chi connectivity index (χ1) is 14.4. The van der Waals surface area contributed by atoms with Crippen LogP contribution in [0.25, 0.3) is 0 Å². The summed E-state index contributed by atoms with van der Waals surface area (Å²) < 4.78 is 19.8. The number of ether oxygens (including phenoxy) is 4. The summed E-state index contributed by atoms with van der Waals surface area (Å²) in [4.78, 5) is 34.8. The van der Waals surface area contributed by atoms with E-state index in [1.54, 1.807) is 0 Å². The van der Waals surface area contributed by atoms with Gasteiger partial charge in [-0.05, 0) is 48.5 Å². The number of carbonyl (C=O) groups is 3. The van der Waals surface area contributed by atoms with Crippen LogP contribution in [-0.4, -0.2) is 40.5 Å². The summed E-state index contributed by atoms with van der Waals surface area (Å²) in [5.41, 5.74) is 0.773. The van der Waals surface area contributed by atoms with Gasteiger partial charge in [-0.15, -0.1) is 0 Å². The average Bonchev–Trinajstić information content (AvgIpc) is 3.21. The molecule has 2 aliphatic heterocycles. The molecule has 2 aromatic carbocycles. The zero-order chi connectivity index (χ0) is 21.3. The van der Waals surface area contributed by atoms with Crippen LogP contribution in [-0.2, 0) is 19.1 Å². The summed E-state index contributed by atoms with van der Waals surface area (Å²) in [6.45, 7) is 0. The van der Waals surface area contributed by atoms with Crippen molar-refractivity contribution in [1.82, 2.24) is 0 Å². The summed E-state index contributed by atoms with van der Waals surface area (Å²) in [5, 5.41) is 19.0. The second kappa shape index (κ2) is 7.82. The smallest absolute Gasteiger partial charge is 0.337 e. The molecule has 2 unspecified atom stereocenters. The Hall–Kier alpha value is -3.95. The van der Waals surface area contributed by atoms with Crippen LogP contribution in [0.5, 0.6) is 11.5 Å². The van der Waals surface area contributed by atoms with Gasteiger partial charge in [0.1, 0.15) is 11.5 Å². The minimum atomic E-state index is -1.45. The van der Waals surface area contributed by atoms with Crippen LogP contribution in [0.2, 0.25) is 0 Å². The van der Waals surface area contributed by atoms with Crippen LogP contribution in [0.3, 0.4) is 0 Å². The Labute approximate surface area is 169 Å². The fourth-order valence-corrected chi connectivity index (χ4v) is 2.73. The van der Waals surface area contributed by atoms with Crippen LogP contribution < -0.4 is 9.47 Å². The number of aliphatic hydroxyl groups excluding tert-OH is 2. The van der Waals surface area contributed by atoms with E-state index in [-0.39, 0.29) is 17.3 Å². The molecule has 2 aliphatic rings. The van der Waals surface area contributed by atoms with Crippen LogP contribution in [0.4, 0.5) is 0 Å². The second-order valence-corrected chi connectivity index (χ2v) is 6.25. The molecule has 0 saturated carbocycles. The standard InChI is InChI=1S/C21H14O9/c22-17-9-15(20(25)29-17)27-13-5-1-11(2-6-13)19(24)12-3-7-14(8-4-12)28-16-10-18(23)30-21(16)26/h1-10,20-21,25-26H. The molecule has 0 fully saturated rings. The summed E-state index contributed by atoms with van der Waals surface area (Å²) in [7, 11) is 0. The molecule has 0 bridgehead atoms. The van der Waals surface area contributed by atoms with E-state index < -0.39 is 24.5 Å². The monoisotopic (exact) mass is 410 g/mol. The van der Waals surface area contributed by atoms with E-state index in [9.17, 15) is 24.6 Å². The zero-order valence-corrected chi connectivity index (χ0v) is 15.2. The molecule has 2 heterocycles. The molecule has 9 nitrogen and oxygen atoms in total. The number of cyclic esters (lactones) is 2. The number of benzene rings is 2. The lowest BCUT2D eigenvalue weighted by molar-refractivity contribution is -0.154. The fraction of sp³-hybridized carbons (Fsp3) is 0.0952. The van der Waals surface area contributed by atoms with E-state index in [4.69, 9.17) is 9.47 Å². The molecule has 2 aromatic rings. The molecular weight excluding hydrogens is 396 g/mol. The number of aliphatic hydroxyl groups is 2. The van der Waals surface area contributed by atoms with Crippen molar-refractivity contribution in [2.45, 2.75) is 12.6 Å². The van der Waals surface area contributed by atoms with E-state index in [0.717, 1.165) is 12.2 Å². The third-order valence-electron chi connectivity index (χ3n) is 4.17. The lowest BCUT2D eigenvalue weighted by atomic mass is 10.0. The first-order valence-corrected chi connectivity index (χ1v) is 8.70. The summed E-state index contributed by atoms with van der Waals surface area (Å²) in [6, 6.07) is 12.2. The minimum Gasteiger partial charge on any atom is -0.455 e. The minimum absolute atomic E-state index is 0.0377. The van der Waals surface area contributed by atoms with Crippen molar-refractivity contribution in [1.29, 1.82) is 0 Å². The fourth-order valence-electron chi connectivity index (χ4n) is 2.73. The van der Waals surface area contributed by atoms with Crippen molar-refractivity contribution in [2.75, 3.05) is 0 Å². The van der Waals surface area contributed by atoms with Gasteiger partial charge in [0.2, 0.25) is 0 Å². The molecule has 0 aliphatic carbocycles. The predicted octanol–water partition coefficient (Wildman–Crippen LogP) is 1.19. The zero-order valence-electron chi connectivity index (χ0n) is 15.2. The molecule has 30 heavy (non-hydrogen) atoms. The van der Waals surface area contributed by atoms with Crippen molar-refractivity contribution in [3.05, 3.63) is 83.3 Å². The van der Waals surface area contributed by atoms with Crippen molar-refractivity contribution in [2.24, 2.45) is 0 Å². The largest absolute Gasteiger partial charge is 0.455 e. The molecule has 0 radical (unpaired) electrons. The Kier molecular flexibility index (Phi) is 5.05. The van der Waals surface area contributed by atoms with Crippen LogP contribution >= 0.6 is 0 Å². The molecule has 2 atom stereocenters. The van der Waals surface area contributed by atoms with Gasteiger partial charge in [0.25, 0.3) is 12.6 Å². The van der Waals surface area contributed by atoms with Gasteiger partial charge >= 0.3 is 11.9 Å². The van der Waals surface area contributed by atoms with Crippen LogP contribution in [0, 0.1) is 0 Å². The Morgan fingerprint density at radius 2 is 1.07 bits per heavy atom. The van der Waals surface area contributed by atoms with Gasteiger partial charge in [-0.1, -0.05) is 0 Å². The van der Waals surface area contributed by atoms with Gasteiger partial charge in [0.05, 0.1) is 12.2 Å². The second-order valence-electron chi connectivity index (χ2n) is 6.25. The number of esters is 2. The van der Waals surface area contributed by atoms with E-state index >= 15 is 0 Å². The van der Waals surface area contributed by atoms with Crippen molar-refractivity contribution < 1.29 is 43.5 Å². The first-order valence-electron chi connectivity index (χ1n) is 8.70. The number of hydrogen-bond donors (Lipinski definition) is 2.